The van der Waals surface area contributed by atoms with Gasteiger partial charge in [0, 0.05) is 24.8 Å². The maximum Gasteiger partial charge on any atom is 0.225 e. The maximum atomic E-state index is 5.71. The normalized spacial score (nSPS) is 15.9. The number of aromatic nitrogens is 2. The van der Waals surface area contributed by atoms with Crippen molar-refractivity contribution in [2.75, 3.05) is 30.9 Å². The van der Waals surface area contributed by atoms with Crippen LogP contribution < -0.4 is 15.4 Å². The Bertz CT molecular complexity index is 956. The molecule has 2 heterocycles. The van der Waals surface area contributed by atoms with Gasteiger partial charge in [-0.05, 0) is 37.5 Å². The maximum absolute atomic E-state index is 5.71. The number of methoxy groups -OCH3 is 1. The van der Waals surface area contributed by atoms with Crippen molar-refractivity contribution in [1.29, 1.82) is 0 Å². The Kier molecular flexibility index (Phi) is 5.91. The van der Waals surface area contributed by atoms with Crippen LogP contribution in [0.3, 0.4) is 0 Å². The quantitative estimate of drug-likeness (QED) is 0.604. The van der Waals surface area contributed by atoms with Gasteiger partial charge in [0.1, 0.15) is 11.6 Å². The molecule has 6 nitrogen and oxygen atoms in total. The number of hydrogen-bond acceptors (Lipinski definition) is 6. The van der Waals surface area contributed by atoms with Crippen LogP contribution in [0.1, 0.15) is 18.4 Å². The van der Waals surface area contributed by atoms with Crippen LogP contribution in [0.5, 0.6) is 5.75 Å². The summed E-state index contributed by atoms with van der Waals surface area (Å²) < 4.78 is 11.2. The Hall–Kier alpha value is -3.12. The third-order valence-electron chi connectivity index (χ3n) is 4.93. The van der Waals surface area contributed by atoms with Crippen molar-refractivity contribution in [2.24, 2.45) is 0 Å². The van der Waals surface area contributed by atoms with Crippen LogP contribution in [0.4, 0.5) is 17.5 Å². The van der Waals surface area contributed by atoms with E-state index in [1.54, 1.807) is 7.11 Å². The second kappa shape index (κ2) is 8.92. The van der Waals surface area contributed by atoms with Gasteiger partial charge in [-0.25, -0.2) is 4.98 Å². The molecule has 6 heteroatoms. The highest BCUT2D eigenvalue weighted by Crippen LogP contribution is 2.30. The van der Waals surface area contributed by atoms with E-state index in [9.17, 15) is 0 Å². The van der Waals surface area contributed by atoms with E-state index in [0.717, 1.165) is 47.7 Å². The van der Waals surface area contributed by atoms with Crippen molar-refractivity contribution in [1.82, 2.24) is 9.97 Å². The van der Waals surface area contributed by atoms with Gasteiger partial charge in [-0.2, -0.15) is 4.98 Å². The standard InChI is InChI=1S/C23H26N4O2/c1-16-10-11-21(28-2)20(13-16)25-22-14-19(17-7-4-3-5-8-17)26-23(27-22)24-15-18-9-6-12-29-18/h3-5,7-8,10-11,13-14,18H,6,9,12,15H2,1-2H3,(H2,24,25,26,27). The Morgan fingerprint density at radius 1 is 1.10 bits per heavy atom. The Labute approximate surface area is 171 Å². The first-order chi connectivity index (χ1) is 14.2. The van der Waals surface area contributed by atoms with Crippen molar-refractivity contribution in [3.8, 4) is 17.0 Å². The summed E-state index contributed by atoms with van der Waals surface area (Å²) in [6.07, 6.45) is 2.39. The summed E-state index contributed by atoms with van der Waals surface area (Å²) in [4.78, 5) is 9.39. The Morgan fingerprint density at radius 2 is 1.97 bits per heavy atom. The van der Waals surface area contributed by atoms with Gasteiger partial charge in [0.25, 0.3) is 0 Å². The highest BCUT2D eigenvalue weighted by molar-refractivity contribution is 5.70. The minimum Gasteiger partial charge on any atom is -0.495 e. The van der Waals surface area contributed by atoms with Gasteiger partial charge in [0.2, 0.25) is 5.95 Å². The summed E-state index contributed by atoms with van der Waals surface area (Å²) in [5, 5.41) is 6.74. The predicted molar refractivity (Wildman–Crippen MR) is 116 cm³/mol. The second-order valence-electron chi connectivity index (χ2n) is 7.17. The molecule has 0 saturated carbocycles. The van der Waals surface area contributed by atoms with Gasteiger partial charge in [0.05, 0.1) is 24.6 Å². The van der Waals surface area contributed by atoms with Crippen molar-refractivity contribution < 1.29 is 9.47 Å². The average molecular weight is 390 g/mol. The molecule has 3 aromatic rings. The number of nitrogens with zero attached hydrogens (tertiary/aromatic N) is 2. The van der Waals surface area contributed by atoms with Crippen molar-refractivity contribution in [2.45, 2.75) is 25.9 Å². The van der Waals surface area contributed by atoms with Crippen LogP contribution in [-0.4, -0.2) is 36.3 Å². The first kappa shape index (κ1) is 19.2. The van der Waals surface area contributed by atoms with Crippen molar-refractivity contribution in [3.05, 3.63) is 60.2 Å². The van der Waals surface area contributed by atoms with Gasteiger partial charge in [-0.15, -0.1) is 0 Å². The lowest BCUT2D eigenvalue weighted by atomic mass is 10.1. The lowest BCUT2D eigenvalue weighted by molar-refractivity contribution is 0.120. The van der Waals surface area contributed by atoms with Crippen molar-refractivity contribution in [3.63, 3.8) is 0 Å². The van der Waals surface area contributed by atoms with E-state index in [1.807, 2.05) is 54.6 Å². The molecule has 0 aliphatic carbocycles. The first-order valence-corrected chi connectivity index (χ1v) is 9.93. The lowest BCUT2D eigenvalue weighted by Gasteiger charge is -2.15. The summed E-state index contributed by atoms with van der Waals surface area (Å²) in [7, 11) is 1.67. The molecule has 0 bridgehead atoms. The molecule has 1 fully saturated rings. The van der Waals surface area contributed by atoms with Crippen molar-refractivity contribution >= 4 is 17.5 Å². The van der Waals surface area contributed by atoms with E-state index in [2.05, 4.69) is 22.5 Å². The minimum atomic E-state index is 0.215. The largest absolute Gasteiger partial charge is 0.495 e. The topological polar surface area (TPSA) is 68.3 Å². The predicted octanol–water partition coefficient (Wildman–Crippen LogP) is 4.80. The third kappa shape index (κ3) is 4.84. The summed E-state index contributed by atoms with van der Waals surface area (Å²) in [5.74, 6) is 2.05. The van der Waals surface area contributed by atoms with Crippen LogP contribution in [0, 0.1) is 6.92 Å². The number of hydrogen-bond donors (Lipinski definition) is 2. The number of rotatable bonds is 7. The number of anilines is 3. The number of nitrogens with one attached hydrogen (secondary N) is 2. The molecule has 1 aliphatic heterocycles. The fourth-order valence-electron chi connectivity index (χ4n) is 3.42. The molecule has 1 saturated heterocycles. The lowest BCUT2D eigenvalue weighted by Crippen LogP contribution is -2.20. The third-order valence-corrected chi connectivity index (χ3v) is 4.93. The molecule has 1 aliphatic rings. The molecule has 4 rings (SSSR count). The molecule has 0 spiro atoms. The van der Waals surface area contributed by atoms with Crippen LogP contribution in [0.2, 0.25) is 0 Å². The molecular formula is C23H26N4O2. The van der Waals surface area contributed by atoms with E-state index in [1.165, 1.54) is 0 Å². The fraction of sp³-hybridized carbons (Fsp3) is 0.304. The molecule has 0 amide bonds. The van der Waals surface area contributed by atoms with Gasteiger partial charge >= 0.3 is 0 Å². The number of ether oxygens (including phenoxy) is 2. The molecular weight excluding hydrogens is 364 g/mol. The summed E-state index contributed by atoms with van der Waals surface area (Å²) >= 11 is 0. The van der Waals surface area contributed by atoms with Gasteiger partial charge in [0.15, 0.2) is 0 Å². The number of aryl methyl sites for hydroxylation is 1. The highest BCUT2D eigenvalue weighted by Gasteiger charge is 2.16. The fourth-order valence-corrected chi connectivity index (χ4v) is 3.42. The minimum absolute atomic E-state index is 0.215. The van der Waals surface area contributed by atoms with Crippen LogP contribution in [0.25, 0.3) is 11.3 Å². The molecule has 1 unspecified atom stereocenters. The highest BCUT2D eigenvalue weighted by atomic mass is 16.5. The number of benzene rings is 2. The zero-order valence-electron chi connectivity index (χ0n) is 16.8. The molecule has 29 heavy (non-hydrogen) atoms. The van der Waals surface area contributed by atoms with E-state index < -0.39 is 0 Å². The molecule has 2 N–H and O–H groups in total. The summed E-state index contributed by atoms with van der Waals surface area (Å²) in [5.41, 5.74) is 3.90. The first-order valence-electron chi connectivity index (χ1n) is 9.93. The molecule has 1 aromatic heterocycles. The average Bonchev–Trinajstić information content (AvgIpc) is 3.27. The van der Waals surface area contributed by atoms with Crippen LogP contribution in [-0.2, 0) is 4.74 Å². The van der Waals surface area contributed by atoms with Gasteiger partial charge < -0.3 is 20.1 Å². The second-order valence-corrected chi connectivity index (χ2v) is 7.17. The Morgan fingerprint density at radius 3 is 2.72 bits per heavy atom. The zero-order chi connectivity index (χ0) is 20.1. The van der Waals surface area contributed by atoms with E-state index in [-0.39, 0.29) is 6.10 Å². The van der Waals surface area contributed by atoms with E-state index in [0.29, 0.717) is 18.3 Å². The van der Waals surface area contributed by atoms with Crippen LogP contribution >= 0.6 is 0 Å². The Balaban J connectivity index is 1.64. The van der Waals surface area contributed by atoms with E-state index in [4.69, 9.17) is 14.5 Å². The molecule has 2 aromatic carbocycles. The van der Waals surface area contributed by atoms with Gasteiger partial charge in [-0.3, -0.25) is 0 Å². The van der Waals surface area contributed by atoms with Gasteiger partial charge in [-0.1, -0.05) is 36.4 Å². The molecule has 150 valence electrons. The summed E-state index contributed by atoms with van der Waals surface area (Å²) in [6, 6.07) is 18.1. The zero-order valence-corrected chi connectivity index (χ0v) is 16.8. The smallest absolute Gasteiger partial charge is 0.225 e. The summed E-state index contributed by atoms with van der Waals surface area (Å²) in [6.45, 7) is 3.58. The van der Waals surface area contributed by atoms with Crippen LogP contribution in [0.15, 0.2) is 54.6 Å². The SMILES string of the molecule is COc1ccc(C)cc1Nc1cc(-c2ccccc2)nc(NCC2CCCO2)n1. The molecule has 1 atom stereocenters. The van der Waals surface area contributed by atoms with E-state index >= 15 is 0 Å². The molecule has 0 radical (unpaired) electrons. The monoisotopic (exact) mass is 390 g/mol.